The summed E-state index contributed by atoms with van der Waals surface area (Å²) >= 11 is 5.93. The Morgan fingerprint density at radius 2 is 1.86 bits per heavy atom. The van der Waals surface area contributed by atoms with E-state index >= 15 is 0 Å². The monoisotopic (exact) mass is 406 g/mol. The average Bonchev–Trinajstić information content (AvgIpc) is 3.26. The number of anilines is 1. The highest BCUT2D eigenvalue weighted by molar-refractivity contribution is 6.28. The van der Waals surface area contributed by atoms with Crippen LogP contribution in [0, 0.1) is 0 Å². The molecule has 0 atom stereocenters. The fourth-order valence-corrected chi connectivity index (χ4v) is 3.03. The molecule has 0 amide bonds. The van der Waals surface area contributed by atoms with Crippen LogP contribution in [-0.4, -0.2) is 24.1 Å². The number of aryl methyl sites for hydroxylation is 1. The Balaban J connectivity index is 1.52. The van der Waals surface area contributed by atoms with E-state index in [1.165, 1.54) is 11.6 Å². The molecular formula is C18H14ClF3N6. The lowest BCUT2D eigenvalue weighted by Gasteiger charge is -2.09. The summed E-state index contributed by atoms with van der Waals surface area (Å²) in [5.41, 5.74) is 1.40. The molecular weight excluding hydrogens is 393 g/mol. The first-order valence-corrected chi connectivity index (χ1v) is 8.64. The summed E-state index contributed by atoms with van der Waals surface area (Å²) in [5, 5.41) is 7.39. The molecule has 0 bridgehead atoms. The minimum Gasteiger partial charge on any atom is -0.364 e. The molecule has 10 heteroatoms. The summed E-state index contributed by atoms with van der Waals surface area (Å²) < 4.78 is 41.5. The van der Waals surface area contributed by atoms with Crippen molar-refractivity contribution in [3.63, 3.8) is 0 Å². The molecule has 6 nitrogen and oxygen atoms in total. The number of halogens is 4. The van der Waals surface area contributed by atoms with Gasteiger partial charge in [-0.15, -0.1) is 5.10 Å². The van der Waals surface area contributed by atoms with E-state index in [9.17, 15) is 13.2 Å². The van der Waals surface area contributed by atoms with Crippen LogP contribution in [-0.2, 0) is 19.8 Å². The highest BCUT2D eigenvalue weighted by atomic mass is 35.5. The van der Waals surface area contributed by atoms with Crippen LogP contribution < -0.4 is 5.32 Å². The Morgan fingerprint density at radius 1 is 1.11 bits per heavy atom. The van der Waals surface area contributed by atoms with E-state index in [0.29, 0.717) is 17.9 Å². The standard InChI is InChI=1S/C18H14ClF3N6/c1-27-10-14(18(20,21)22)24-16(27)12-6-4-11(5-7-12)9-23-15-13-3-2-8-28(13)26-17(19)25-15/h2-8,10H,9H2,1H3,(H,23,25,26). The van der Waals surface area contributed by atoms with Crippen molar-refractivity contribution in [1.29, 1.82) is 0 Å². The summed E-state index contributed by atoms with van der Waals surface area (Å²) in [5.74, 6) is 0.845. The molecule has 0 saturated heterocycles. The Labute approximate surface area is 162 Å². The molecule has 0 fully saturated rings. The first kappa shape index (κ1) is 18.3. The van der Waals surface area contributed by atoms with E-state index in [-0.39, 0.29) is 11.1 Å². The van der Waals surface area contributed by atoms with Gasteiger partial charge in [-0.25, -0.2) is 9.50 Å². The first-order chi connectivity index (χ1) is 13.3. The van der Waals surface area contributed by atoms with Crippen LogP contribution in [0.4, 0.5) is 19.0 Å². The van der Waals surface area contributed by atoms with Crippen LogP contribution >= 0.6 is 11.6 Å². The highest BCUT2D eigenvalue weighted by Gasteiger charge is 2.34. The van der Waals surface area contributed by atoms with Gasteiger partial charge in [0.25, 0.3) is 0 Å². The summed E-state index contributed by atoms with van der Waals surface area (Å²) in [6, 6.07) is 10.8. The van der Waals surface area contributed by atoms with Gasteiger partial charge in [0.2, 0.25) is 5.28 Å². The number of hydrogen-bond acceptors (Lipinski definition) is 4. The number of aromatic nitrogens is 5. The van der Waals surface area contributed by atoms with Crippen LogP contribution in [0.2, 0.25) is 5.28 Å². The van der Waals surface area contributed by atoms with Crippen molar-refractivity contribution in [3.8, 4) is 11.4 Å². The molecule has 0 radical (unpaired) electrons. The molecule has 1 aromatic carbocycles. The zero-order valence-corrected chi connectivity index (χ0v) is 15.3. The molecule has 0 aliphatic carbocycles. The predicted molar refractivity (Wildman–Crippen MR) is 99.0 cm³/mol. The lowest BCUT2D eigenvalue weighted by molar-refractivity contribution is -0.140. The smallest absolute Gasteiger partial charge is 0.364 e. The summed E-state index contributed by atoms with van der Waals surface area (Å²) in [7, 11) is 1.54. The van der Waals surface area contributed by atoms with Gasteiger partial charge in [0.05, 0.1) is 0 Å². The van der Waals surface area contributed by atoms with Crippen molar-refractivity contribution in [2.45, 2.75) is 12.7 Å². The Morgan fingerprint density at radius 3 is 2.54 bits per heavy atom. The molecule has 3 heterocycles. The van der Waals surface area contributed by atoms with Crippen LogP contribution in [0.25, 0.3) is 16.9 Å². The number of imidazole rings is 1. The lowest BCUT2D eigenvalue weighted by atomic mass is 10.1. The number of benzene rings is 1. The molecule has 0 unspecified atom stereocenters. The van der Waals surface area contributed by atoms with Crippen molar-refractivity contribution >= 4 is 22.9 Å². The number of fused-ring (bicyclic) bond motifs is 1. The first-order valence-electron chi connectivity index (χ1n) is 8.26. The van der Waals surface area contributed by atoms with Crippen molar-refractivity contribution in [2.24, 2.45) is 7.05 Å². The molecule has 0 spiro atoms. The Hall–Kier alpha value is -3.07. The van der Waals surface area contributed by atoms with E-state index in [4.69, 9.17) is 11.6 Å². The second kappa shape index (κ2) is 6.83. The van der Waals surface area contributed by atoms with Gasteiger partial charge in [0, 0.05) is 31.5 Å². The third kappa shape index (κ3) is 3.53. The van der Waals surface area contributed by atoms with Crippen molar-refractivity contribution < 1.29 is 13.2 Å². The Bertz CT molecular complexity index is 1130. The van der Waals surface area contributed by atoms with Crippen molar-refractivity contribution in [1.82, 2.24) is 24.1 Å². The van der Waals surface area contributed by atoms with Gasteiger partial charge in [0.15, 0.2) is 11.5 Å². The molecule has 1 N–H and O–H groups in total. The largest absolute Gasteiger partial charge is 0.434 e. The van der Waals surface area contributed by atoms with E-state index in [2.05, 4.69) is 20.4 Å². The predicted octanol–water partition coefficient (Wildman–Crippen LogP) is 4.41. The van der Waals surface area contributed by atoms with E-state index in [1.807, 2.05) is 24.3 Å². The summed E-state index contributed by atoms with van der Waals surface area (Å²) in [6.07, 6.45) is -1.72. The maximum absolute atomic E-state index is 12.8. The highest BCUT2D eigenvalue weighted by Crippen LogP contribution is 2.30. The molecule has 144 valence electrons. The number of nitrogens with one attached hydrogen (secondary N) is 1. The molecule has 4 aromatic rings. The van der Waals surface area contributed by atoms with Crippen molar-refractivity contribution in [2.75, 3.05) is 5.32 Å². The number of alkyl halides is 3. The fraction of sp³-hybridized carbons (Fsp3) is 0.167. The minimum absolute atomic E-state index is 0.122. The normalized spacial score (nSPS) is 11.9. The molecule has 28 heavy (non-hydrogen) atoms. The van der Waals surface area contributed by atoms with Gasteiger partial charge >= 0.3 is 6.18 Å². The van der Waals surface area contributed by atoms with Gasteiger partial charge in [0.1, 0.15) is 11.3 Å². The van der Waals surface area contributed by atoms with Crippen molar-refractivity contribution in [3.05, 3.63) is 65.3 Å². The minimum atomic E-state index is -4.47. The fourth-order valence-electron chi connectivity index (χ4n) is 2.87. The van der Waals surface area contributed by atoms with E-state index < -0.39 is 11.9 Å². The van der Waals surface area contributed by atoms with Crippen LogP contribution in [0.5, 0.6) is 0 Å². The molecule has 0 saturated carbocycles. The van der Waals surface area contributed by atoms with Gasteiger partial charge in [-0.1, -0.05) is 24.3 Å². The van der Waals surface area contributed by atoms with Gasteiger partial charge < -0.3 is 9.88 Å². The van der Waals surface area contributed by atoms with Crippen LogP contribution in [0.1, 0.15) is 11.3 Å². The molecule has 0 aliphatic heterocycles. The zero-order valence-electron chi connectivity index (χ0n) is 14.6. The van der Waals surface area contributed by atoms with E-state index in [1.54, 1.807) is 22.8 Å². The molecule has 0 aliphatic rings. The maximum atomic E-state index is 12.8. The molecule has 4 rings (SSSR count). The van der Waals surface area contributed by atoms with Gasteiger partial charge in [-0.3, -0.25) is 0 Å². The second-order valence-electron chi connectivity index (χ2n) is 6.18. The average molecular weight is 407 g/mol. The summed E-state index contributed by atoms with van der Waals surface area (Å²) in [4.78, 5) is 7.89. The van der Waals surface area contributed by atoms with Crippen LogP contribution in [0.3, 0.4) is 0 Å². The van der Waals surface area contributed by atoms with Gasteiger partial charge in [-0.05, 0) is 29.3 Å². The number of hydrogen-bond donors (Lipinski definition) is 1. The van der Waals surface area contributed by atoms with Crippen LogP contribution in [0.15, 0.2) is 48.8 Å². The third-order valence-corrected chi connectivity index (χ3v) is 4.36. The SMILES string of the molecule is Cn1cc(C(F)(F)F)nc1-c1ccc(CNc2nc(Cl)nn3cccc23)cc1. The number of nitrogens with zero attached hydrogens (tertiary/aromatic N) is 5. The van der Waals surface area contributed by atoms with E-state index in [0.717, 1.165) is 17.3 Å². The quantitative estimate of drug-likeness (QED) is 0.545. The lowest BCUT2D eigenvalue weighted by Crippen LogP contribution is -2.05. The molecule has 3 aromatic heterocycles. The van der Waals surface area contributed by atoms with Gasteiger partial charge in [-0.2, -0.15) is 18.2 Å². The summed E-state index contributed by atoms with van der Waals surface area (Å²) in [6.45, 7) is 0.461. The maximum Gasteiger partial charge on any atom is 0.434 e. The zero-order chi connectivity index (χ0) is 19.9. The number of rotatable bonds is 4. The third-order valence-electron chi connectivity index (χ3n) is 4.20. The topological polar surface area (TPSA) is 60.0 Å². The Kier molecular flexibility index (Phi) is 4.46. The second-order valence-corrected chi connectivity index (χ2v) is 6.51.